The van der Waals surface area contributed by atoms with Gasteiger partial charge in [0.1, 0.15) is 0 Å². The van der Waals surface area contributed by atoms with Crippen molar-refractivity contribution < 1.29 is 0 Å². The fourth-order valence-electron chi connectivity index (χ4n) is 2.30. The summed E-state index contributed by atoms with van der Waals surface area (Å²) in [6.07, 6.45) is 3.89. The number of hydrogen-bond donors (Lipinski definition) is 1. The Labute approximate surface area is 108 Å². The molecule has 4 heteroatoms. The Morgan fingerprint density at radius 2 is 2.18 bits per heavy atom. The third-order valence-corrected chi connectivity index (χ3v) is 4.94. The highest BCUT2D eigenvalue weighted by Gasteiger charge is 2.29. The van der Waals surface area contributed by atoms with Gasteiger partial charge in [0, 0.05) is 25.0 Å². The Balaban J connectivity index is 1.95. The summed E-state index contributed by atoms with van der Waals surface area (Å²) in [6, 6.07) is 0. The van der Waals surface area contributed by atoms with Crippen molar-refractivity contribution in [3.05, 3.63) is 11.1 Å². The maximum Gasteiger partial charge on any atom is 0.185 e. The van der Waals surface area contributed by atoms with Gasteiger partial charge in [-0.05, 0) is 25.3 Å². The summed E-state index contributed by atoms with van der Waals surface area (Å²) in [4.78, 5) is 7.12. The summed E-state index contributed by atoms with van der Waals surface area (Å²) < 4.78 is 0. The van der Waals surface area contributed by atoms with E-state index in [9.17, 15) is 0 Å². The molecule has 2 heterocycles. The molecule has 0 radical (unpaired) electrons. The van der Waals surface area contributed by atoms with Crippen LogP contribution in [0.25, 0.3) is 0 Å². The van der Waals surface area contributed by atoms with Crippen molar-refractivity contribution in [3.8, 4) is 0 Å². The highest BCUT2D eigenvalue weighted by Crippen LogP contribution is 2.36. The summed E-state index contributed by atoms with van der Waals surface area (Å²) in [7, 11) is 1.96. The lowest BCUT2D eigenvalue weighted by molar-refractivity contribution is 0.238. The first kappa shape index (κ1) is 12.8. The zero-order valence-electron chi connectivity index (χ0n) is 11.1. The Morgan fingerprint density at radius 1 is 1.47 bits per heavy atom. The minimum Gasteiger partial charge on any atom is -0.348 e. The molecule has 17 heavy (non-hydrogen) atoms. The standard InChI is InChI=1S/C13H23N3S/c1-4-13(2)5-7-16(8-6-13)12-15-11(9-14-3)10-17-12/h10,14H,4-9H2,1-3H3. The van der Waals surface area contributed by atoms with Crippen molar-refractivity contribution in [1.82, 2.24) is 10.3 Å². The largest absolute Gasteiger partial charge is 0.348 e. The second kappa shape index (κ2) is 5.36. The first-order valence-corrected chi connectivity index (χ1v) is 7.39. The zero-order chi connectivity index (χ0) is 12.3. The van der Waals surface area contributed by atoms with Crippen LogP contribution in [0, 0.1) is 5.41 Å². The van der Waals surface area contributed by atoms with Crippen molar-refractivity contribution in [2.45, 2.75) is 39.7 Å². The summed E-state index contributed by atoms with van der Waals surface area (Å²) in [6.45, 7) is 7.92. The van der Waals surface area contributed by atoms with Crippen molar-refractivity contribution in [3.63, 3.8) is 0 Å². The summed E-state index contributed by atoms with van der Waals surface area (Å²) in [5.74, 6) is 0. The van der Waals surface area contributed by atoms with Gasteiger partial charge in [-0.25, -0.2) is 4.98 Å². The number of aromatic nitrogens is 1. The number of rotatable bonds is 4. The lowest BCUT2D eigenvalue weighted by atomic mass is 9.78. The molecular weight excluding hydrogens is 230 g/mol. The van der Waals surface area contributed by atoms with Crippen LogP contribution in [-0.4, -0.2) is 25.1 Å². The highest BCUT2D eigenvalue weighted by molar-refractivity contribution is 7.13. The molecule has 0 atom stereocenters. The molecule has 1 fully saturated rings. The maximum absolute atomic E-state index is 4.68. The SMILES string of the molecule is CCC1(C)CCN(c2nc(CNC)cs2)CC1. The van der Waals surface area contributed by atoms with Gasteiger partial charge in [0.05, 0.1) is 5.69 Å². The molecule has 1 aliphatic heterocycles. The van der Waals surface area contributed by atoms with Gasteiger partial charge in [0.15, 0.2) is 5.13 Å². The van der Waals surface area contributed by atoms with E-state index in [4.69, 9.17) is 0 Å². The van der Waals surface area contributed by atoms with Gasteiger partial charge in [-0.15, -0.1) is 11.3 Å². The lowest BCUT2D eigenvalue weighted by Gasteiger charge is -2.38. The minimum absolute atomic E-state index is 0.557. The van der Waals surface area contributed by atoms with Gasteiger partial charge in [-0.3, -0.25) is 0 Å². The van der Waals surface area contributed by atoms with Crippen LogP contribution in [0.15, 0.2) is 5.38 Å². The molecule has 0 amide bonds. The van der Waals surface area contributed by atoms with E-state index in [0.717, 1.165) is 25.3 Å². The van der Waals surface area contributed by atoms with Crippen LogP contribution in [0.4, 0.5) is 5.13 Å². The Morgan fingerprint density at radius 3 is 2.76 bits per heavy atom. The molecule has 0 unspecified atom stereocenters. The molecule has 2 rings (SSSR count). The molecule has 1 N–H and O–H groups in total. The predicted octanol–water partition coefficient (Wildman–Crippen LogP) is 2.88. The number of anilines is 1. The smallest absolute Gasteiger partial charge is 0.185 e. The summed E-state index contributed by atoms with van der Waals surface area (Å²) >= 11 is 1.78. The molecule has 0 aliphatic carbocycles. The molecule has 0 spiro atoms. The van der Waals surface area contributed by atoms with E-state index in [-0.39, 0.29) is 0 Å². The van der Waals surface area contributed by atoms with E-state index >= 15 is 0 Å². The first-order chi connectivity index (χ1) is 8.17. The van der Waals surface area contributed by atoms with Crippen LogP contribution in [0.2, 0.25) is 0 Å². The Hall–Kier alpha value is -0.610. The fourth-order valence-corrected chi connectivity index (χ4v) is 3.17. The van der Waals surface area contributed by atoms with Crippen LogP contribution in [0.1, 0.15) is 38.8 Å². The Kier molecular flexibility index (Phi) is 4.05. The van der Waals surface area contributed by atoms with Crippen molar-refractivity contribution in [2.75, 3.05) is 25.0 Å². The highest BCUT2D eigenvalue weighted by atomic mass is 32.1. The van der Waals surface area contributed by atoms with E-state index in [1.54, 1.807) is 11.3 Å². The van der Waals surface area contributed by atoms with Crippen LogP contribution in [-0.2, 0) is 6.54 Å². The third-order valence-electron chi connectivity index (χ3n) is 3.99. The van der Waals surface area contributed by atoms with Crippen LogP contribution in [0.5, 0.6) is 0 Å². The monoisotopic (exact) mass is 253 g/mol. The van der Waals surface area contributed by atoms with Gasteiger partial charge in [-0.1, -0.05) is 20.3 Å². The van der Waals surface area contributed by atoms with Crippen molar-refractivity contribution in [1.29, 1.82) is 0 Å². The minimum atomic E-state index is 0.557. The summed E-state index contributed by atoms with van der Waals surface area (Å²) in [5, 5.41) is 6.52. The van der Waals surface area contributed by atoms with Gasteiger partial charge in [0.25, 0.3) is 0 Å². The Bertz CT molecular complexity index is 353. The number of nitrogens with zero attached hydrogens (tertiary/aromatic N) is 2. The van der Waals surface area contributed by atoms with Gasteiger partial charge in [-0.2, -0.15) is 0 Å². The predicted molar refractivity (Wildman–Crippen MR) is 74.7 cm³/mol. The van der Waals surface area contributed by atoms with Crippen LogP contribution >= 0.6 is 11.3 Å². The van der Waals surface area contributed by atoms with Gasteiger partial charge >= 0.3 is 0 Å². The van der Waals surface area contributed by atoms with Gasteiger partial charge < -0.3 is 10.2 Å². The van der Waals surface area contributed by atoms with E-state index < -0.39 is 0 Å². The molecule has 1 aromatic heterocycles. The molecule has 0 bridgehead atoms. The van der Waals surface area contributed by atoms with E-state index in [0.29, 0.717) is 5.41 Å². The molecule has 3 nitrogen and oxygen atoms in total. The molecule has 0 aromatic carbocycles. The van der Waals surface area contributed by atoms with Crippen molar-refractivity contribution in [2.24, 2.45) is 5.41 Å². The molecular formula is C13H23N3S. The zero-order valence-corrected chi connectivity index (χ0v) is 11.9. The van der Waals surface area contributed by atoms with Crippen LogP contribution < -0.4 is 10.2 Å². The average Bonchev–Trinajstić information content (AvgIpc) is 2.79. The van der Waals surface area contributed by atoms with Crippen LogP contribution in [0.3, 0.4) is 0 Å². The van der Waals surface area contributed by atoms with Crippen molar-refractivity contribution >= 4 is 16.5 Å². The number of piperidine rings is 1. The van der Waals surface area contributed by atoms with E-state index in [2.05, 4.69) is 34.4 Å². The second-order valence-electron chi connectivity index (χ2n) is 5.30. The molecule has 1 aromatic rings. The lowest BCUT2D eigenvalue weighted by Crippen LogP contribution is -2.38. The summed E-state index contributed by atoms with van der Waals surface area (Å²) in [5.41, 5.74) is 1.72. The molecule has 1 aliphatic rings. The number of nitrogens with one attached hydrogen (secondary N) is 1. The van der Waals surface area contributed by atoms with Gasteiger partial charge in [0.2, 0.25) is 0 Å². The number of thiazole rings is 1. The number of hydrogen-bond acceptors (Lipinski definition) is 4. The fraction of sp³-hybridized carbons (Fsp3) is 0.769. The quantitative estimate of drug-likeness (QED) is 0.894. The molecule has 0 saturated carbocycles. The second-order valence-corrected chi connectivity index (χ2v) is 6.14. The topological polar surface area (TPSA) is 28.2 Å². The van der Waals surface area contributed by atoms with E-state index in [1.165, 1.54) is 24.4 Å². The first-order valence-electron chi connectivity index (χ1n) is 6.51. The third kappa shape index (κ3) is 2.99. The average molecular weight is 253 g/mol. The maximum atomic E-state index is 4.68. The molecule has 96 valence electrons. The van der Waals surface area contributed by atoms with E-state index in [1.807, 2.05) is 7.05 Å². The normalized spacial score (nSPS) is 19.6. The molecule has 1 saturated heterocycles.